The molecule has 0 radical (unpaired) electrons. The van der Waals surface area contributed by atoms with Crippen LogP contribution in [0.15, 0.2) is 18.2 Å². The van der Waals surface area contributed by atoms with Crippen molar-refractivity contribution < 1.29 is 4.79 Å². The summed E-state index contributed by atoms with van der Waals surface area (Å²) >= 11 is 0. The average molecular weight is 268 g/mol. The van der Waals surface area contributed by atoms with Crippen molar-refractivity contribution in [3.63, 3.8) is 0 Å². The summed E-state index contributed by atoms with van der Waals surface area (Å²) in [5.74, 6) is 6.76. The van der Waals surface area contributed by atoms with Crippen molar-refractivity contribution in [2.75, 3.05) is 13.1 Å². The Labute approximate surface area is 120 Å². The van der Waals surface area contributed by atoms with E-state index in [1.807, 2.05) is 25.1 Å². The highest BCUT2D eigenvalue weighted by Gasteiger charge is 2.40. The number of amides is 1. The first-order chi connectivity index (χ1) is 9.67. The first kappa shape index (κ1) is 13.2. The Kier molecular flexibility index (Phi) is 3.50. The zero-order chi connectivity index (χ0) is 14.1. The highest BCUT2D eigenvalue weighted by molar-refractivity contribution is 5.95. The fourth-order valence-electron chi connectivity index (χ4n) is 3.47. The Morgan fingerprint density at radius 1 is 1.40 bits per heavy atom. The van der Waals surface area contributed by atoms with Crippen LogP contribution in [0.25, 0.3) is 0 Å². The predicted molar refractivity (Wildman–Crippen MR) is 79.3 cm³/mol. The van der Waals surface area contributed by atoms with Crippen molar-refractivity contribution in [2.24, 2.45) is 11.7 Å². The van der Waals surface area contributed by atoms with E-state index in [-0.39, 0.29) is 5.91 Å². The van der Waals surface area contributed by atoms with Gasteiger partial charge in [0.25, 0.3) is 5.91 Å². The molecule has 1 heterocycles. The lowest BCUT2D eigenvalue weighted by Crippen LogP contribution is -2.37. The molecule has 3 heteroatoms. The third-order valence-electron chi connectivity index (χ3n) is 4.33. The van der Waals surface area contributed by atoms with Crippen molar-refractivity contribution in [2.45, 2.75) is 32.2 Å². The predicted octanol–water partition coefficient (Wildman–Crippen LogP) is 1.93. The fraction of sp³-hybridized carbons (Fsp3) is 0.471. The number of nitrogens with zero attached hydrogens (tertiary/aromatic N) is 1. The van der Waals surface area contributed by atoms with Crippen molar-refractivity contribution in [3.8, 4) is 11.8 Å². The summed E-state index contributed by atoms with van der Waals surface area (Å²) in [5, 5.41) is 0. The largest absolute Gasteiger partial charge is 0.335 e. The molecule has 2 bridgehead atoms. The van der Waals surface area contributed by atoms with E-state index in [0.717, 1.165) is 29.2 Å². The van der Waals surface area contributed by atoms with Gasteiger partial charge in [0, 0.05) is 23.7 Å². The van der Waals surface area contributed by atoms with Crippen LogP contribution in [0.1, 0.15) is 40.7 Å². The van der Waals surface area contributed by atoms with Gasteiger partial charge in [-0.15, -0.1) is 0 Å². The third kappa shape index (κ3) is 2.44. The minimum absolute atomic E-state index is 0.164. The molecule has 2 atom stereocenters. The molecule has 2 unspecified atom stereocenters. The SMILES string of the molecule is Cc1cc(C#CCN)cc(C(=O)N2CC3CCC2C3)c1. The quantitative estimate of drug-likeness (QED) is 0.791. The van der Waals surface area contributed by atoms with Gasteiger partial charge in [0.05, 0.1) is 6.54 Å². The summed E-state index contributed by atoms with van der Waals surface area (Å²) < 4.78 is 0. The number of hydrogen-bond acceptors (Lipinski definition) is 2. The molecule has 3 nitrogen and oxygen atoms in total. The molecule has 1 aromatic rings. The van der Waals surface area contributed by atoms with E-state index in [1.165, 1.54) is 19.3 Å². The third-order valence-corrected chi connectivity index (χ3v) is 4.33. The normalized spacial score (nSPS) is 23.6. The van der Waals surface area contributed by atoms with Gasteiger partial charge < -0.3 is 10.6 Å². The second kappa shape index (κ2) is 5.30. The van der Waals surface area contributed by atoms with E-state index < -0.39 is 0 Å². The maximum Gasteiger partial charge on any atom is 0.254 e. The number of benzene rings is 1. The molecular formula is C17H20N2O. The van der Waals surface area contributed by atoms with Gasteiger partial charge in [-0.05, 0) is 55.9 Å². The Balaban J connectivity index is 1.86. The Hall–Kier alpha value is -1.79. The molecule has 2 fully saturated rings. The van der Waals surface area contributed by atoms with Gasteiger partial charge in [-0.3, -0.25) is 4.79 Å². The first-order valence-corrected chi connectivity index (χ1v) is 7.29. The van der Waals surface area contributed by atoms with E-state index in [2.05, 4.69) is 16.7 Å². The van der Waals surface area contributed by atoms with E-state index >= 15 is 0 Å². The van der Waals surface area contributed by atoms with Crippen LogP contribution in [-0.2, 0) is 0 Å². The molecule has 2 aliphatic rings. The zero-order valence-corrected chi connectivity index (χ0v) is 11.9. The van der Waals surface area contributed by atoms with Gasteiger partial charge in [0.2, 0.25) is 0 Å². The fourth-order valence-corrected chi connectivity index (χ4v) is 3.47. The number of rotatable bonds is 1. The molecule has 0 spiro atoms. The molecular weight excluding hydrogens is 248 g/mol. The van der Waals surface area contributed by atoms with Crippen LogP contribution in [0.5, 0.6) is 0 Å². The Bertz CT molecular complexity index is 597. The molecule has 1 aromatic carbocycles. The molecule has 0 aromatic heterocycles. The van der Waals surface area contributed by atoms with E-state index in [4.69, 9.17) is 5.73 Å². The lowest BCUT2D eigenvalue weighted by molar-refractivity contribution is 0.0703. The van der Waals surface area contributed by atoms with Gasteiger partial charge in [-0.1, -0.05) is 11.8 Å². The number of piperidine rings is 1. The number of hydrogen-bond donors (Lipinski definition) is 1. The number of carbonyl (C=O) groups is 1. The summed E-state index contributed by atoms with van der Waals surface area (Å²) in [5.41, 5.74) is 8.12. The lowest BCUT2D eigenvalue weighted by atomic mass is 10.0. The van der Waals surface area contributed by atoms with Crippen molar-refractivity contribution >= 4 is 5.91 Å². The lowest BCUT2D eigenvalue weighted by Gasteiger charge is -2.27. The maximum absolute atomic E-state index is 12.7. The van der Waals surface area contributed by atoms with Crippen LogP contribution >= 0.6 is 0 Å². The minimum atomic E-state index is 0.164. The summed E-state index contributed by atoms with van der Waals surface area (Å²) in [7, 11) is 0. The van der Waals surface area contributed by atoms with Crippen LogP contribution in [0.4, 0.5) is 0 Å². The number of fused-ring (bicyclic) bond motifs is 2. The van der Waals surface area contributed by atoms with Crippen LogP contribution in [-0.4, -0.2) is 29.9 Å². The van der Waals surface area contributed by atoms with Crippen molar-refractivity contribution in [3.05, 3.63) is 34.9 Å². The molecule has 20 heavy (non-hydrogen) atoms. The summed E-state index contributed by atoms with van der Waals surface area (Å²) in [4.78, 5) is 14.7. The number of aryl methyl sites for hydroxylation is 1. The van der Waals surface area contributed by atoms with E-state index in [1.54, 1.807) is 0 Å². The zero-order valence-electron chi connectivity index (χ0n) is 11.9. The monoisotopic (exact) mass is 268 g/mol. The summed E-state index contributed by atoms with van der Waals surface area (Å²) in [6.07, 6.45) is 3.65. The average Bonchev–Trinajstić information content (AvgIpc) is 3.06. The first-order valence-electron chi connectivity index (χ1n) is 7.29. The Morgan fingerprint density at radius 2 is 2.25 bits per heavy atom. The van der Waals surface area contributed by atoms with Crippen molar-refractivity contribution in [1.29, 1.82) is 0 Å². The van der Waals surface area contributed by atoms with Crippen LogP contribution in [0.3, 0.4) is 0 Å². The van der Waals surface area contributed by atoms with Crippen molar-refractivity contribution in [1.82, 2.24) is 4.90 Å². The van der Waals surface area contributed by atoms with Crippen LogP contribution in [0, 0.1) is 24.7 Å². The molecule has 104 valence electrons. The van der Waals surface area contributed by atoms with E-state index in [9.17, 15) is 4.79 Å². The topological polar surface area (TPSA) is 46.3 Å². The van der Waals surface area contributed by atoms with Crippen LogP contribution in [0.2, 0.25) is 0 Å². The van der Waals surface area contributed by atoms with Gasteiger partial charge in [-0.25, -0.2) is 0 Å². The molecule has 1 aliphatic carbocycles. The van der Waals surface area contributed by atoms with Gasteiger partial charge >= 0.3 is 0 Å². The van der Waals surface area contributed by atoms with Crippen LogP contribution < -0.4 is 5.73 Å². The molecule has 2 N–H and O–H groups in total. The molecule has 1 saturated carbocycles. The number of nitrogens with two attached hydrogens (primary N) is 1. The van der Waals surface area contributed by atoms with Gasteiger partial charge in [0.1, 0.15) is 0 Å². The summed E-state index contributed by atoms with van der Waals surface area (Å²) in [6, 6.07) is 6.31. The molecule has 1 saturated heterocycles. The highest BCUT2D eigenvalue weighted by Crippen LogP contribution is 2.38. The van der Waals surface area contributed by atoms with Gasteiger partial charge in [-0.2, -0.15) is 0 Å². The number of carbonyl (C=O) groups excluding carboxylic acids is 1. The number of likely N-dealkylation sites (tertiary alicyclic amines) is 1. The standard InChI is InChI=1S/C17H20N2O/c1-12-7-13(3-2-6-18)9-15(8-12)17(20)19-11-14-4-5-16(19)10-14/h7-9,14,16H,4-6,10-11,18H2,1H3. The second-order valence-electron chi connectivity index (χ2n) is 5.88. The minimum Gasteiger partial charge on any atom is -0.335 e. The van der Waals surface area contributed by atoms with E-state index in [0.29, 0.717) is 12.6 Å². The Morgan fingerprint density at radius 3 is 2.90 bits per heavy atom. The molecule has 3 rings (SSSR count). The molecule has 1 aliphatic heterocycles. The highest BCUT2D eigenvalue weighted by atomic mass is 16.2. The smallest absolute Gasteiger partial charge is 0.254 e. The second-order valence-corrected chi connectivity index (χ2v) is 5.88. The molecule has 1 amide bonds. The van der Waals surface area contributed by atoms with Gasteiger partial charge in [0.15, 0.2) is 0 Å². The summed E-state index contributed by atoms with van der Waals surface area (Å²) in [6.45, 7) is 3.27. The maximum atomic E-state index is 12.7.